The van der Waals surface area contributed by atoms with Gasteiger partial charge in [0.25, 0.3) is 11.8 Å². The lowest BCUT2D eigenvalue weighted by atomic mass is 10.0. The van der Waals surface area contributed by atoms with Crippen LogP contribution in [0.2, 0.25) is 0 Å². The summed E-state index contributed by atoms with van der Waals surface area (Å²) in [6.45, 7) is 4.10. The zero-order chi connectivity index (χ0) is 19.6. The van der Waals surface area contributed by atoms with E-state index >= 15 is 0 Å². The molecule has 142 valence electrons. The maximum absolute atomic E-state index is 12.5. The third kappa shape index (κ3) is 4.11. The molecule has 0 spiro atoms. The van der Waals surface area contributed by atoms with Crippen LogP contribution in [0.25, 0.3) is 0 Å². The van der Waals surface area contributed by atoms with Crippen LogP contribution in [0.5, 0.6) is 5.75 Å². The zero-order valence-electron chi connectivity index (χ0n) is 15.2. The molecule has 1 aromatic carbocycles. The smallest absolute Gasteiger partial charge is 0.265 e. The number of nitrogens with two attached hydrogens (primary N) is 1. The number of hydrogen-bond donors (Lipinski definition) is 2. The SMILES string of the molecule is CC(=O)N1CCc2c(sc(NC(=O)C(C)Oc3ccccc3)c2C(N)=O)C1. The number of rotatable bonds is 5. The first kappa shape index (κ1) is 18.9. The summed E-state index contributed by atoms with van der Waals surface area (Å²) < 4.78 is 5.62. The topological polar surface area (TPSA) is 102 Å². The summed E-state index contributed by atoms with van der Waals surface area (Å²) in [7, 11) is 0. The first-order valence-corrected chi connectivity index (χ1v) is 9.41. The fourth-order valence-corrected chi connectivity index (χ4v) is 4.26. The van der Waals surface area contributed by atoms with Gasteiger partial charge >= 0.3 is 0 Å². The van der Waals surface area contributed by atoms with Gasteiger partial charge in [-0.3, -0.25) is 14.4 Å². The number of nitrogens with zero attached hydrogens (tertiary/aromatic N) is 1. The number of fused-ring (bicyclic) bond motifs is 1. The molecule has 1 aromatic heterocycles. The minimum Gasteiger partial charge on any atom is -0.481 e. The van der Waals surface area contributed by atoms with E-state index in [1.54, 1.807) is 24.0 Å². The van der Waals surface area contributed by atoms with E-state index in [4.69, 9.17) is 10.5 Å². The van der Waals surface area contributed by atoms with Crippen LogP contribution in [0.15, 0.2) is 30.3 Å². The summed E-state index contributed by atoms with van der Waals surface area (Å²) >= 11 is 1.28. The number of anilines is 1. The molecule has 7 nitrogen and oxygen atoms in total. The molecule has 0 saturated heterocycles. The van der Waals surface area contributed by atoms with Crippen molar-refractivity contribution in [2.75, 3.05) is 11.9 Å². The number of ether oxygens (including phenoxy) is 1. The van der Waals surface area contributed by atoms with E-state index in [1.807, 2.05) is 18.2 Å². The Hall–Kier alpha value is -2.87. The van der Waals surface area contributed by atoms with Gasteiger partial charge in [-0.1, -0.05) is 18.2 Å². The predicted octanol–water partition coefficient (Wildman–Crippen LogP) is 2.16. The van der Waals surface area contributed by atoms with Crippen LogP contribution in [-0.4, -0.2) is 35.3 Å². The van der Waals surface area contributed by atoms with Gasteiger partial charge in [0.2, 0.25) is 5.91 Å². The Labute approximate surface area is 161 Å². The second-order valence-electron chi connectivity index (χ2n) is 6.33. The summed E-state index contributed by atoms with van der Waals surface area (Å²) in [5, 5.41) is 3.17. The number of para-hydroxylation sites is 1. The van der Waals surface area contributed by atoms with Gasteiger partial charge in [0.15, 0.2) is 6.10 Å². The first-order chi connectivity index (χ1) is 12.9. The summed E-state index contributed by atoms with van der Waals surface area (Å²) in [5.41, 5.74) is 6.71. The first-order valence-electron chi connectivity index (χ1n) is 8.59. The highest BCUT2D eigenvalue weighted by atomic mass is 32.1. The van der Waals surface area contributed by atoms with Gasteiger partial charge in [0.05, 0.1) is 12.1 Å². The highest BCUT2D eigenvalue weighted by molar-refractivity contribution is 7.17. The number of primary amides is 1. The molecule has 2 aromatic rings. The maximum Gasteiger partial charge on any atom is 0.265 e. The van der Waals surface area contributed by atoms with Crippen LogP contribution in [0.3, 0.4) is 0 Å². The molecule has 0 aliphatic carbocycles. The molecule has 8 heteroatoms. The van der Waals surface area contributed by atoms with Gasteiger partial charge < -0.3 is 20.7 Å². The molecule has 0 radical (unpaired) electrons. The summed E-state index contributed by atoms with van der Waals surface area (Å²) in [6.07, 6.45) is -0.212. The van der Waals surface area contributed by atoms with Crippen LogP contribution >= 0.6 is 11.3 Å². The molecule has 1 aliphatic rings. The normalized spacial score (nSPS) is 14.2. The number of thiophene rings is 1. The van der Waals surface area contributed by atoms with Crippen LogP contribution < -0.4 is 15.8 Å². The summed E-state index contributed by atoms with van der Waals surface area (Å²) in [6, 6.07) is 9.02. The van der Waals surface area contributed by atoms with Gasteiger partial charge in [-0.2, -0.15) is 0 Å². The van der Waals surface area contributed by atoms with E-state index in [0.29, 0.717) is 35.8 Å². The van der Waals surface area contributed by atoms with Gasteiger partial charge in [-0.05, 0) is 31.0 Å². The van der Waals surface area contributed by atoms with Crippen molar-refractivity contribution in [3.05, 3.63) is 46.3 Å². The number of hydrogen-bond acceptors (Lipinski definition) is 5. The van der Waals surface area contributed by atoms with Gasteiger partial charge in [0, 0.05) is 18.3 Å². The Morgan fingerprint density at radius 3 is 2.59 bits per heavy atom. The van der Waals surface area contributed by atoms with Crippen molar-refractivity contribution in [2.24, 2.45) is 5.73 Å². The Bertz CT molecular complexity index is 879. The van der Waals surface area contributed by atoms with E-state index in [-0.39, 0.29) is 11.8 Å². The van der Waals surface area contributed by atoms with E-state index < -0.39 is 12.0 Å². The van der Waals surface area contributed by atoms with Crippen molar-refractivity contribution in [2.45, 2.75) is 32.9 Å². The van der Waals surface area contributed by atoms with E-state index in [9.17, 15) is 14.4 Å². The number of carbonyl (C=O) groups excluding carboxylic acids is 3. The lowest BCUT2D eigenvalue weighted by Gasteiger charge is -2.25. The second-order valence-corrected chi connectivity index (χ2v) is 7.43. The molecule has 1 unspecified atom stereocenters. The van der Waals surface area contributed by atoms with Gasteiger partial charge in [-0.25, -0.2) is 0 Å². The summed E-state index contributed by atoms with van der Waals surface area (Å²) in [5.74, 6) is -0.401. The molecule has 27 heavy (non-hydrogen) atoms. The Balaban J connectivity index is 1.79. The minimum absolute atomic E-state index is 0.0230. The minimum atomic E-state index is -0.749. The predicted molar refractivity (Wildman–Crippen MR) is 103 cm³/mol. The van der Waals surface area contributed by atoms with Crippen molar-refractivity contribution in [1.82, 2.24) is 4.90 Å². The van der Waals surface area contributed by atoms with Crippen LogP contribution in [0, 0.1) is 0 Å². The molecule has 0 bridgehead atoms. The average Bonchev–Trinajstić information content (AvgIpc) is 2.99. The van der Waals surface area contributed by atoms with Crippen LogP contribution in [0.4, 0.5) is 5.00 Å². The van der Waals surface area contributed by atoms with Crippen molar-refractivity contribution in [3.63, 3.8) is 0 Å². The van der Waals surface area contributed by atoms with Crippen molar-refractivity contribution < 1.29 is 19.1 Å². The fraction of sp³-hybridized carbons (Fsp3) is 0.316. The third-order valence-corrected chi connectivity index (χ3v) is 5.54. The lowest BCUT2D eigenvalue weighted by Crippen LogP contribution is -2.34. The molecule has 3 rings (SSSR count). The number of benzene rings is 1. The Kier molecular flexibility index (Phi) is 5.46. The molecule has 1 atom stereocenters. The van der Waals surface area contributed by atoms with Gasteiger partial charge in [-0.15, -0.1) is 11.3 Å². The molecular formula is C19H21N3O4S. The maximum atomic E-state index is 12.5. The number of carbonyl (C=O) groups is 3. The monoisotopic (exact) mass is 387 g/mol. The molecule has 3 N–H and O–H groups in total. The van der Waals surface area contributed by atoms with Crippen molar-refractivity contribution >= 4 is 34.1 Å². The molecule has 0 saturated carbocycles. The molecule has 3 amide bonds. The van der Waals surface area contributed by atoms with E-state index in [1.165, 1.54) is 18.3 Å². The average molecular weight is 387 g/mol. The quantitative estimate of drug-likeness (QED) is 0.821. The van der Waals surface area contributed by atoms with Crippen molar-refractivity contribution in [1.29, 1.82) is 0 Å². The summed E-state index contributed by atoms with van der Waals surface area (Å²) in [4.78, 5) is 38.7. The van der Waals surface area contributed by atoms with E-state index in [2.05, 4.69) is 5.32 Å². The standard InChI is InChI=1S/C19H21N3O4S/c1-11(26-13-6-4-3-5-7-13)18(25)21-19-16(17(20)24)14-8-9-22(12(2)23)10-15(14)27-19/h3-7,11H,8-10H2,1-2H3,(H2,20,24)(H,21,25). The molecule has 2 heterocycles. The largest absolute Gasteiger partial charge is 0.481 e. The highest BCUT2D eigenvalue weighted by Gasteiger charge is 2.29. The van der Waals surface area contributed by atoms with Crippen LogP contribution in [0.1, 0.15) is 34.6 Å². The number of amides is 3. The van der Waals surface area contributed by atoms with Gasteiger partial charge in [0.1, 0.15) is 10.8 Å². The van der Waals surface area contributed by atoms with Crippen LogP contribution in [-0.2, 0) is 22.6 Å². The Morgan fingerprint density at radius 2 is 1.96 bits per heavy atom. The molecule has 0 fully saturated rings. The molecular weight excluding hydrogens is 366 g/mol. The number of nitrogens with one attached hydrogen (secondary N) is 1. The Morgan fingerprint density at radius 1 is 1.26 bits per heavy atom. The fourth-order valence-electron chi connectivity index (χ4n) is 2.99. The third-order valence-electron chi connectivity index (χ3n) is 4.41. The highest BCUT2D eigenvalue weighted by Crippen LogP contribution is 2.37. The zero-order valence-corrected chi connectivity index (χ0v) is 16.0. The lowest BCUT2D eigenvalue weighted by molar-refractivity contribution is -0.129. The van der Waals surface area contributed by atoms with E-state index in [0.717, 1.165) is 10.4 Å². The second kappa shape index (κ2) is 7.79. The molecule has 1 aliphatic heterocycles. The van der Waals surface area contributed by atoms with Crippen molar-refractivity contribution in [3.8, 4) is 5.75 Å².